The molecule has 0 unspecified atom stereocenters. The smallest absolute Gasteiger partial charge is 0.272 e. The summed E-state index contributed by atoms with van der Waals surface area (Å²) in [5.41, 5.74) is 3.51. The van der Waals surface area contributed by atoms with Gasteiger partial charge in [-0.1, -0.05) is 6.07 Å². The van der Waals surface area contributed by atoms with Gasteiger partial charge in [-0.2, -0.15) is 5.10 Å². The number of hydrogen-bond donors (Lipinski definition) is 4. The van der Waals surface area contributed by atoms with Crippen LogP contribution in [0.25, 0.3) is 16.4 Å². The fraction of sp³-hybridized carbons (Fsp3) is 0.273. The molecule has 0 aliphatic carbocycles. The standard InChI is InChI=1S/C22H23N7O4/c1-11-9-17-24-12(2)14(13(3)29(17)28-11)7-8-18(30)23-10-19(31)25-16-6-4-5-15-20(16)22(33)27-26-21(15)32/h4-6,9H,7-8,10H2,1-3H3,(H,23,30)(H,25,31)(H,26,32)(H,27,33). The summed E-state index contributed by atoms with van der Waals surface area (Å²) >= 11 is 0. The van der Waals surface area contributed by atoms with Crippen LogP contribution in [0.15, 0.2) is 33.9 Å². The average molecular weight is 449 g/mol. The van der Waals surface area contributed by atoms with Gasteiger partial charge in [-0.3, -0.25) is 29.4 Å². The number of H-pyrrole nitrogens is 2. The second-order valence-corrected chi connectivity index (χ2v) is 7.78. The van der Waals surface area contributed by atoms with Gasteiger partial charge in [0.25, 0.3) is 11.1 Å². The fourth-order valence-electron chi connectivity index (χ4n) is 3.84. The van der Waals surface area contributed by atoms with Crippen molar-refractivity contribution < 1.29 is 9.59 Å². The van der Waals surface area contributed by atoms with E-state index >= 15 is 0 Å². The lowest BCUT2D eigenvalue weighted by Crippen LogP contribution is -2.33. The summed E-state index contributed by atoms with van der Waals surface area (Å²) in [6.07, 6.45) is 0.625. The summed E-state index contributed by atoms with van der Waals surface area (Å²) in [7, 11) is 0. The first kappa shape index (κ1) is 21.9. The molecule has 4 aromatic rings. The molecule has 0 aliphatic rings. The highest BCUT2D eigenvalue weighted by molar-refractivity contribution is 6.02. The second kappa shape index (κ2) is 8.69. The van der Waals surface area contributed by atoms with Gasteiger partial charge in [-0.25, -0.2) is 9.50 Å². The Labute approximate surface area is 187 Å². The van der Waals surface area contributed by atoms with Gasteiger partial charge in [0.1, 0.15) is 0 Å². The number of aryl methyl sites for hydroxylation is 3. The van der Waals surface area contributed by atoms with Gasteiger partial charge in [0.05, 0.1) is 28.7 Å². The van der Waals surface area contributed by atoms with Crippen LogP contribution in [0.5, 0.6) is 0 Å². The van der Waals surface area contributed by atoms with Gasteiger partial charge in [-0.15, -0.1) is 0 Å². The number of anilines is 1. The summed E-state index contributed by atoms with van der Waals surface area (Å²) in [6, 6.07) is 6.46. The number of carbonyl (C=O) groups is 2. The zero-order valence-corrected chi connectivity index (χ0v) is 18.4. The number of amides is 2. The first-order valence-electron chi connectivity index (χ1n) is 10.4. The van der Waals surface area contributed by atoms with Gasteiger partial charge in [0, 0.05) is 23.9 Å². The molecule has 0 bridgehead atoms. The Morgan fingerprint density at radius 2 is 1.82 bits per heavy atom. The predicted octanol–water partition coefficient (Wildman–Crippen LogP) is 0.872. The molecule has 3 heterocycles. The van der Waals surface area contributed by atoms with E-state index in [9.17, 15) is 19.2 Å². The highest BCUT2D eigenvalue weighted by Gasteiger charge is 2.14. The molecular formula is C22H23N7O4. The Morgan fingerprint density at radius 1 is 1.06 bits per heavy atom. The lowest BCUT2D eigenvalue weighted by molar-refractivity contribution is -0.124. The largest absolute Gasteiger partial charge is 0.347 e. The summed E-state index contributed by atoms with van der Waals surface area (Å²) in [4.78, 5) is 53.2. The molecule has 4 rings (SSSR count). The Kier molecular flexibility index (Phi) is 5.78. The highest BCUT2D eigenvalue weighted by Crippen LogP contribution is 2.18. The van der Waals surface area contributed by atoms with Gasteiger partial charge in [-0.05, 0) is 44.9 Å². The molecule has 170 valence electrons. The monoisotopic (exact) mass is 449 g/mol. The van der Waals surface area contributed by atoms with Crippen LogP contribution in [-0.2, 0) is 16.0 Å². The molecule has 0 aliphatic heterocycles. The number of aromatic nitrogens is 5. The van der Waals surface area contributed by atoms with E-state index in [1.54, 1.807) is 10.6 Å². The van der Waals surface area contributed by atoms with Crippen molar-refractivity contribution in [3.8, 4) is 0 Å². The van der Waals surface area contributed by atoms with Crippen LogP contribution < -0.4 is 21.8 Å². The molecule has 0 atom stereocenters. The van der Waals surface area contributed by atoms with E-state index in [4.69, 9.17) is 0 Å². The Hall–Kier alpha value is -4.28. The topological polar surface area (TPSA) is 154 Å². The van der Waals surface area contributed by atoms with Crippen LogP contribution in [0.4, 0.5) is 5.69 Å². The minimum atomic E-state index is -0.534. The number of fused-ring (bicyclic) bond motifs is 2. The zero-order chi connectivity index (χ0) is 23.7. The summed E-state index contributed by atoms with van der Waals surface area (Å²) in [5.74, 6) is -0.814. The molecule has 1 aromatic carbocycles. The van der Waals surface area contributed by atoms with Crippen LogP contribution in [0.2, 0.25) is 0 Å². The molecule has 3 aromatic heterocycles. The minimum Gasteiger partial charge on any atom is -0.347 e. The molecule has 0 saturated heterocycles. The van der Waals surface area contributed by atoms with Crippen molar-refractivity contribution in [2.45, 2.75) is 33.6 Å². The van der Waals surface area contributed by atoms with Gasteiger partial charge in [0.2, 0.25) is 11.8 Å². The first-order chi connectivity index (χ1) is 15.7. The molecule has 11 nitrogen and oxygen atoms in total. The molecule has 0 fully saturated rings. The normalized spacial score (nSPS) is 11.1. The van der Waals surface area contributed by atoms with Crippen molar-refractivity contribution in [3.63, 3.8) is 0 Å². The van der Waals surface area contributed by atoms with Crippen molar-refractivity contribution in [1.82, 2.24) is 30.1 Å². The molecule has 2 amide bonds. The van der Waals surface area contributed by atoms with Gasteiger partial charge in [0.15, 0.2) is 5.65 Å². The minimum absolute atomic E-state index is 0.0728. The van der Waals surface area contributed by atoms with E-state index in [-0.39, 0.29) is 35.3 Å². The summed E-state index contributed by atoms with van der Waals surface area (Å²) < 4.78 is 1.76. The van der Waals surface area contributed by atoms with Gasteiger partial charge < -0.3 is 10.6 Å². The molecule has 0 radical (unpaired) electrons. The third kappa shape index (κ3) is 4.38. The van der Waals surface area contributed by atoms with Crippen molar-refractivity contribution >= 4 is 33.9 Å². The maximum Gasteiger partial charge on any atom is 0.272 e. The molecular weight excluding hydrogens is 426 g/mol. The van der Waals surface area contributed by atoms with Crippen LogP contribution in [0, 0.1) is 20.8 Å². The summed E-state index contributed by atoms with van der Waals surface area (Å²) in [5, 5.41) is 14.3. The quantitative estimate of drug-likeness (QED) is 0.342. The van der Waals surface area contributed by atoms with Gasteiger partial charge >= 0.3 is 0 Å². The highest BCUT2D eigenvalue weighted by atomic mass is 16.2. The van der Waals surface area contributed by atoms with E-state index < -0.39 is 17.0 Å². The SMILES string of the molecule is Cc1cc2nc(C)c(CCC(=O)NCC(=O)Nc3cccc4c(=O)[nH][nH]c(=O)c34)c(C)n2n1. The van der Waals surface area contributed by atoms with Crippen molar-refractivity contribution in [1.29, 1.82) is 0 Å². The maximum atomic E-state index is 12.3. The Balaban J connectivity index is 1.38. The van der Waals surface area contributed by atoms with Crippen LogP contribution >= 0.6 is 0 Å². The van der Waals surface area contributed by atoms with Crippen molar-refractivity contribution in [2.24, 2.45) is 0 Å². The number of aromatic amines is 2. The van der Waals surface area contributed by atoms with E-state index in [1.807, 2.05) is 26.8 Å². The number of nitrogens with one attached hydrogen (secondary N) is 4. The number of rotatable bonds is 6. The number of nitrogens with zero attached hydrogens (tertiary/aromatic N) is 3. The zero-order valence-electron chi connectivity index (χ0n) is 18.4. The fourth-order valence-corrected chi connectivity index (χ4v) is 3.84. The van der Waals surface area contributed by atoms with E-state index in [0.717, 1.165) is 28.3 Å². The molecule has 0 spiro atoms. The van der Waals surface area contributed by atoms with Crippen molar-refractivity contribution in [3.05, 3.63) is 67.6 Å². The molecule has 4 N–H and O–H groups in total. The van der Waals surface area contributed by atoms with E-state index in [2.05, 4.69) is 30.9 Å². The molecule has 11 heteroatoms. The van der Waals surface area contributed by atoms with Crippen LogP contribution in [0.1, 0.15) is 29.1 Å². The third-order valence-electron chi connectivity index (χ3n) is 5.43. The Bertz CT molecular complexity index is 1510. The van der Waals surface area contributed by atoms with E-state index in [0.29, 0.717) is 6.42 Å². The second-order valence-electron chi connectivity index (χ2n) is 7.78. The molecule has 33 heavy (non-hydrogen) atoms. The average Bonchev–Trinajstić information content (AvgIpc) is 3.15. The lowest BCUT2D eigenvalue weighted by Gasteiger charge is -2.11. The van der Waals surface area contributed by atoms with Crippen molar-refractivity contribution in [2.75, 3.05) is 11.9 Å². The predicted molar refractivity (Wildman–Crippen MR) is 122 cm³/mol. The number of carbonyl (C=O) groups excluding carboxylic acids is 2. The third-order valence-corrected chi connectivity index (χ3v) is 5.43. The van der Waals surface area contributed by atoms with E-state index in [1.165, 1.54) is 12.1 Å². The van der Waals surface area contributed by atoms with Crippen LogP contribution in [0.3, 0.4) is 0 Å². The van der Waals surface area contributed by atoms with Crippen LogP contribution in [-0.4, -0.2) is 43.2 Å². The molecule has 0 saturated carbocycles. The lowest BCUT2D eigenvalue weighted by atomic mass is 10.1. The summed E-state index contributed by atoms with van der Waals surface area (Å²) in [6.45, 7) is 5.46. The number of hydrogen-bond acceptors (Lipinski definition) is 6. The number of benzene rings is 1. The first-order valence-corrected chi connectivity index (χ1v) is 10.4. The Morgan fingerprint density at radius 3 is 2.61 bits per heavy atom. The maximum absolute atomic E-state index is 12.3.